The molecule has 2 heteroatoms. The lowest BCUT2D eigenvalue weighted by molar-refractivity contribution is 0.220. The van der Waals surface area contributed by atoms with Crippen molar-refractivity contribution < 1.29 is 5.11 Å². The van der Waals surface area contributed by atoms with Crippen molar-refractivity contribution in [2.75, 3.05) is 0 Å². The number of hydrogen-bond acceptors (Lipinski definition) is 1. The number of rotatable bonds is 3. The lowest BCUT2D eigenvalue weighted by Gasteiger charge is -2.12. The summed E-state index contributed by atoms with van der Waals surface area (Å²) in [6.07, 6.45) is -0.595. The minimum Gasteiger partial charge on any atom is -0.384 e. The van der Waals surface area contributed by atoms with Crippen molar-refractivity contribution in [2.45, 2.75) is 6.10 Å². The van der Waals surface area contributed by atoms with Crippen LogP contribution in [-0.2, 0) is 0 Å². The zero-order valence-electron chi connectivity index (χ0n) is 11.4. The fourth-order valence-electron chi connectivity index (χ4n) is 2.33. The summed E-state index contributed by atoms with van der Waals surface area (Å²) >= 11 is 3.40. The zero-order chi connectivity index (χ0) is 14.7. The zero-order valence-corrected chi connectivity index (χ0v) is 13.0. The molecule has 3 aromatic carbocycles. The summed E-state index contributed by atoms with van der Waals surface area (Å²) < 4.78 is 1.01. The molecule has 0 amide bonds. The van der Waals surface area contributed by atoms with E-state index in [1.165, 1.54) is 5.56 Å². The fraction of sp³-hybridized carbons (Fsp3) is 0.0526. The van der Waals surface area contributed by atoms with Gasteiger partial charge < -0.3 is 5.11 Å². The number of aliphatic hydroxyl groups excluding tert-OH is 1. The third-order valence-electron chi connectivity index (χ3n) is 3.52. The van der Waals surface area contributed by atoms with Crippen LogP contribution in [0, 0.1) is 0 Å². The second-order valence-corrected chi connectivity index (χ2v) is 5.86. The molecule has 1 nitrogen and oxygen atoms in total. The van der Waals surface area contributed by atoms with Gasteiger partial charge in [-0.3, -0.25) is 0 Å². The predicted molar refractivity (Wildman–Crippen MR) is 90.1 cm³/mol. The van der Waals surface area contributed by atoms with E-state index in [1.54, 1.807) is 0 Å². The molecule has 0 bridgehead atoms. The molecule has 0 saturated carbocycles. The number of halogens is 1. The van der Waals surface area contributed by atoms with Crippen LogP contribution in [0.3, 0.4) is 0 Å². The first-order valence-electron chi connectivity index (χ1n) is 6.83. The largest absolute Gasteiger partial charge is 0.384 e. The normalized spacial score (nSPS) is 12.1. The fourth-order valence-corrected chi connectivity index (χ4v) is 2.59. The van der Waals surface area contributed by atoms with Crippen molar-refractivity contribution in [3.05, 3.63) is 94.5 Å². The first-order chi connectivity index (χ1) is 10.2. The first kappa shape index (κ1) is 14.1. The molecule has 0 fully saturated rings. The highest BCUT2D eigenvalue weighted by atomic mass is 79.9. The van der Waals surface area contributed by atoms with Gasteiger partial charge in [0.2, 0.25) is 0 Å². The second kappa shape index (κ2) is 6.25. The monoisotopic (exact) mass is 338 g/mol. The summed E-state index contributed by atoms with van der Waals surface area (Å²) in [4.78, 5) is 0. The number of benzene rings is 3. The van der Waals surface area contributed by atoms with E-state index in [0.717, 1.165) is 21.2 Å². The molecule has 3 rings (SSSR count). The lowest BCUT2D eigenvalue weighted by atomic mass is 9.98. The smallest absolute Gasteiger partial charge is 0.104 e. The standard InChI is InChI=1S/C19H15BrO/c20-18-12-10-17(11-13-18)19(21)16-8-6-15(7-9-16)14-4-2-1-3-5-14/h1-13,19,21H. The van der Waals surface area contributed by atoms with Crippen LogP contribution >= 0.6 is 15.9 Å². The van der Waals surface area contributed by atoms with Gasteiger partial charge in [-0.05, 0) is 34.4 Å². The minimum atomic E-state index is -0.595. The molecule has 0 aliphatic rings. The summed E-state index contributed by atoms with van der Waals surface area (Å²) in [5.74, 6) is 0. The van der Waals surface area contributed by atoms with E-state index in [0.29, 0.717) is 0 Å². The highest BCUT2D eigenvalue weighted by molar-refractivity contribution is 9.10. The van der Waals surface area contributed by atoms with E-state index >= 15 is 0 Å². The van der Waals surface area contributed by atoms with Crippen LogP contribution < -0.4 is 0 Å². The van der Waals surface area contributed by atoms with Gasteiger partial charge in [0.1, 0.15) is 6.10 Å². The molecule has 1 atom stereocenters. The van der Waals surface area contributed by atoms with E-state index in [1.807, 2.05) is 66.7 Å². The quantitative estimate of drug-likeness (QED) is 0.696. The summed E-state index contributed by atoms with van der Waals surface area (Å²) in [6, 6.07) is 26.0. The molecule has 0 aromatic heterocycles. The Morgan fingerprint density at radius 2 is 1.10 bits per heavy atom. The summed E-state index contributed by atoms with van der Waals surface area (Å²) in [7, 11) is 0. The maximum Gasteiger partial charge on any atom is 0.104 e. The summed E-state index contributed by atoms with van der Waals surface area (Å²) in [6.45, 7) is 0. The van der Waals surface area contributed by atoms with E-state index < -0.39 is 6.10 Å². The molecule has 0 aliphatic heterocycles. The molecule has 0 heterocycles. The highest BCUT2D eigenvalue weighted by Crippen LogP contribution is 2.26. The van der Waals surface area contributed by atoms with Gasteiger partial charge in [0, 0.05) is 4.47 Å². The predicted octanol–water partition coefficient (Wildman–Crippen LogP) is 5.20. The van der Waals surface area contributed by atoms with Crippen LogP contribution in [0.2, 0.25) is 0 Å². The van der Waals surface area contributed by atoms with Gasteiger partial charge in [-0.1, -0.05) is 82.7 Å². The van der Waals surface area contributed by atoms with E-state index in [2.05, 4.69) is 28.1 Å². The van der Waals surface area contributed by atoms with Gasteiger partial charge in [0.05, 0.1) is 0 Å². The van der Waals surface area contributed by atoms with Gasteiger partial charge in [-0.25, -0.2) is 0 Å². The molecule has 0 saturated heterocycles. The van der Waals surface area contributed by atoms with Gasteiger partial charge in [-0.2, -0.15) is 0 Å². The van der Waals surface area contributed by atoms with Crippen molar-refractivity contribution in [3.63, 3.8) is 0 Å². The Hall–Kier alpha value is -1.90. The number of aliphatic hydroxyl groups is 1. The van der Waals surface area contributed by atoms with Crippen molar-refractivity contribution in [3.8, 4) is 11.1 Å². The van der Waals surface area contributed by atoms with E-state index in [-0.39, 0.29) is 0 Å². The SMILES string of the molecule is OC(c1ccc(Br)cc1)c1ccc(-c2ccccc2)cc1. The molecule has 21 heavy (non-hydrogen) atoms. The average molecular weight is 339 g/mol. The Morgan fingerprint density at radius 1 is 0.619 bits per heavy atom. The van der Waals surface area contributed by atoms with Crippen molar-refractivity contribution >= 4 is 15.9 Å². The molecule has 0 aliphatic carbocycles. The first-order valence-corrected chi connectivity index (χ1v) is 7.62. The molecular weight excluding hydrogens is 324 g/mol. The molecule has 104 valence electrons. The van der Waals surface area contributed by atoms with Crippen molar-refractivity contribution in [1.29, 1.82) is 0 Å². The second-order valence-electron chi connectivity index (χ2n) is 4.94. The Bertz CT molecular complexity index is 703. The van der Waals surface area contributed by atoms with Crippen LogP contribution in [0.5, 0.6) is 0 Å². The van der Waals surface area contributed by atoms with Crippen LogP contribution in [0.1, 0.15) is 17.2 Å². The third-order valence-corrected chi connectivity index (χ3v) is 4.05. The molecule has 1 N–H and O–H groups in total. The van der Waals surface area contributed by atoms with Crippen LogP contribution in [0.15, 0.2) is 83.3 Å². The van der Waals surface area contributed by atoms with Gasteiger partial charge in [0.15, 0.2) is 0 Å². The Balaban J connectivity index is 1.85. The van der Waals surface area contributed by atoms with Crippen molar-refractivity contribution in [2.24, 2.45) is 0 Å². The topological polar surface area (TPSA) is 20.2 Å². The molecule has 0 radical (unpaired) electrons. The van der Waals surface area contributed by atoms with Gasteiger partial charge in [-0.15, -0.1) is 0 Å². The van der Waals surface area contributed by atoms with E-state index in [9.17, 15) is 5.11 Å². The molecule has 1 unspecified atom stereocenters. The van der Waals surface area contributed by atoms with E-state index in [4.69, 9.17) is 0 Å². The molecule has 3 aromatic rings. The van der Waals surface area contributed by atoms with Gasteiger partial charge in [0.25, 0.3) is 0 Å². The maximum atomic E-state index is 10.4. The molecule has 0 spiro atoms. The Kier molecular flexibility index (Phi) is 4.18. The molecular formula is C19H15BrO. The third kappa shape index (κ3) is 3.23. The average Bonchev–Trinajstić information content (AvgIpc) is 2.56. The highest BCUT2D eigenvalue weighted by Gasteiger charge is 2.10. The van der Waals surface area contributed by atoms with Crippen LogP contribution in [-0.4, -0.2) is 5.11 Å². The Labute approximate surface area is 133 Å². The van der Waals surface area contributed by atoms with Gasteiger partial charge >= 0.3 is 0 Å². The lowest BCUT2D eigenvalue weighted by Crippen LogP contribution is -1.99. The Morgan fingerprint density at radius 3 is 1.67 bits per heavy atom. The van der Waals surface area contributed by atoms with Crippen molar-refractivity contribution in [1.82, 2.24) is 0 Å². The van der Waals surface area contributed by atoms with Crippen LogP contribution in [0.4, 0.5) is 0 Å². The minimum absolute atomic E-state index is 0.595. The summed E-state index contributed by atoms with van der Waals surface area (Å²) in [5, 5.41) is 10.4. The maximum absolute atomic E-state index is 10.4. The summed E-state index contributed by atoms with van der Waals surface area (Å²) in [5.41, 5.74) is 4.13. The number of hydrogen-bond donors (Lipinski definition) is 1. The van der Waals surface area contributed by atoms with Crippen LogP contribution in [0.25, 0.3) is 11.1 Å².